The number of allylic oxidation sites excluding steroid dienone is 4. The first kappa shape index (κ1) is 11.0. The minimum absolute atomic E-state index is 0.120. The van der Waals surface area contributed by atoms with E-state index in [-0.39, 0.29) is 11.3 Å². The van der Waals surface area contributed by atoms with Gasteiger partial charge in [-0.2, -0.15) is 0 Å². The maximum Gasteiger partial charge on any atom is 0.338 e. The van der Waals surface area contributed by atoms with Gasteiger partial charge in [-0.3, -0.25) is 0 Å². The van der Waals surface area contributed by atoms with Crippen molar-refractivity contribution in [3.05, 3.63) is 59.8 Å². The van der Waals surface area contributed by atoms with Gasteiger partial charge < -0.3 is 16.2 Å². The quantitative estimate of drug-likeness (QED) is 0.676. The Kier molecular flexibility index (Phi) is 2.96. The van der Waals surface area contributed by atoms with Crippen LogP contribution in [0.15, 0.2) is 48.7 Å². The van der Waals surface area contributed by atoms with Crippen molar-refractivity contribution >= 4 is 17.4 Å². The van der Waals surface area contributed by atoms with Gasteiger partial charge in [0.15, 0.2) is 0 Å². The van der Waals surface area contributed by atoms with Gasteiger partial charge in [0.1, 0.15) is 0 Å². The topological polar surface area (TPSA) is 75.3 Å². The Hall–Kier alpha value is -2.49. The van der Waals surface area contributed by atoms with Crippen LogP contribution in [0.3, 0.4) is 0 Å². The molecule has 0 radical (unpaired) electrons. The monoisotopic (exact) mass is 228 g/mol. The van der Waals surface area contributed by atoms with Crippen molar-refractivity contribution in [2.75, 3.05) is 5.73 Å². The molecule has 0 fully saturated rings. The number of hydrogen-bond acceptors (Lipinski definition) is 3. The molecule has 0 aliphatic carbocycles. The molecule has 4 heteroatoms. The number of carboxylic acids is 1. The molecule has 4 N–H and O–H groups in total. The molecule has 0 saturated heterocycles. The third-order valence-corrected chi connectivity index (χ3v) is 2.42. The summed E-state index contributed by atoms with van der Waals surface area (Å²) in [6.07, 6.45) is 9.06. The van der Waals surface area contributed by atoms with Gasteiger partial charge in [0.25, 0.3) is 0 Å². The summed E-state index contributed by atoms with van der Waals surface area (Å²) in [5.74, 6) is -1.03. The zero-order valence-corrected chi connectivity index (χ0v) is 9.05. The Morgan fingerprint density at radius 2 is 2.06 bits per heavy atom. The van der Waals surface area contributed by atoms with Crippen molar-refractivity contribution in [1.82, 2.24) is 5.32 Å². The van der Waals surface area contributed by atoms with Crippen LogP contribution in [-0.2, 0) is 0 Å². The largest absolute Gasteiger partial charge is 0.478 e. The molecule has 0 saturated carbocycles. The Morgan fingerprint density at radius 1 is 1.24 bits per heavy atom. The minimum atomic E-state index is -1.03. The Bertz CT molecular complexity index is 542. The first-order valence-electron chi connectivity index (χ1n) is 5.12. The molecule has 1 aromatic carbocycles. The van der Waals surface area contributed by atoms with Gasteiger partial charge in [-0.1, -0.05) is 24.3 Å². The fourth-order valence-electron chi connectivity index (χ4n) is 1.66. The summed E-state index contributed by atoms with van der Waals surface area (Å²) in [5, 5.41) is 12.2. The van der Waals surface area contributed by atoms with Crippen molar-refractivity contribution in [3.63, 3.8) is 0 Å². The summed E-state index contributed by atoms with van der Waals surface area (Å²) in [6.45, 7) is 0. The first-order valence-corrected chi connectivity index (χ1v) is 5.12. The van der Waals surface area contributed by atoms with E-state index < -0.39 is 5.97 Å². The summed E-state index contributed by atoms with van der Waals surface area (Å²) in [5.41, 5.74) is 7.36. The van der Waals surface area contributed by atoms with Gasteiger partial charge in [-0.05, 0) is 18.2 Å². The minimum Gasteiger partial charge on any atom is -0.478 e. The highest BCUT2D eigenvalue weighted by atomic mass is 16.4. The molecule has 2 rings (SSSR count). The van der Waals surface area contributed by atoms with Gasteiger partial charge in [0, 0.05) is 23.1 Å². The van der Waals surface area contributed by atoms with Crippen LogP contribution in [0.1, 0.15) is 15.9 Å². The summed E-state index contributed by atoms with van der Waals surface area (Å²) in [7, 11) is 0. The molecule has 1 aliphatic heterocycles. The highest BCUT2D eigenvalue weighted by Gasteiger charge is 2.16. The van der Waals surface area contributed by atoms with Crippen LogP contribution in [0.2, 0.25) is 0 Å². The molecular formula is C13H12N2O2. The number of anilines is 1. The van der Waals surface area contributed by atoms with Gasteiger partial charge >= 0.3 is 5.97 Å². The van der Waals surface area contributed by atoms with Crippen molar-refractivity contribution < 1.29 is 9.90 Å². The number of benzene rings is 1. The van der Waals surface area contributed by atoms with Crippen LogP contribution in [0, 0.1) is 0 Å². The fourth-order valence-corrected chi connectivity index (χ4v) is 1.66. The van der Waals surface area contributed by atoms with E-state index in [2.05, 4.69) is 5.32 Å². The van der Waals surface area contributed by atoms with Gasteiger partial charge in [-0.25, -0.2) is 4.79 Å². The third kappa shape index (κ3) is 2.20. The van der Waals surface area contributed by atoms with Gasteiger partial charge in [0.05, 0.1) is 5.56 Å². The predicted molar refractivity (Wildman–Crippen MR) is 67.2 cm³/mol. The van der Waals surface area contributed by atoms with Gasteiger partial charge in [-0.15, -0.1) is 0 Å². The van der Waals surface area contributed by atoms with Crippen molar-refractivity contribution in [2.24, 2.45) is 0 Å². The number of nitrogen functional groups attached to an aromatic ring is 1. The van der Waals surface area contributed by atoms with Gasteiger partial charge in [0.2, 0.25) is 0 Å². The molecule has 1 aromatic rings. The Balaban J connectivity index is 2.55. The molecular weight excluding hydrogens is 216 g/mol. The number of nitrogens with two attached hydrogens (primary N) is 1. The maximum atomic E-state index is 11.2. The van der Waals surface area contributed by atoms with E-state index in [0.29, 0.717) is 11.3 Å². The molecule has 0 atom stereocenters. The normalized spacial score (nSPS) is 13.8. The number of carbonyl (C=O) groups is 1. The smallest absolute Gasteiger partial charge is 0.338 e. The predicted octanol–water partition coefficient (Wildman–Crippen LogP) is 1.98. The molecule has 0 aromatic heterocycles. The molecule has 0 bridgehead atoms. The second-order valence-electron chi connectivity index (χ2n) is 3.54. The van der Waals surface area contributed by atoms with Crippen LogP contribution in [0.5, 0.6) is 0 Å². The number of rotatable bonds is 2. The van der Waals surface area contributed by atoms with Crippen molar-refractivity contribution in [1.29, 1.82) is 0 Å². The summed E-state index contributed by atoms with van der Waals surface area (Å²) < 4.78 is 0. The average molecular weight is 228 g/mol. The zero-order chi connectivity index (χ0) is 12.3. The van der Waals surface area contributed by atoms with E-state index in [1.165, 1.54) is 0 Å². The van der Waals surface area contributed by atoms with E-state index >= 15 is 0 Å². The molecule has 0 amide bonds. The Morgan fingerprint density at radius 3 is 2.82 bits per heavy atom. The lowest BCUT2D eigenvalue weighted by molar-refractivity contribution is 0.0697. The van der Waals surface area contributed by atoms with Crippen LogP contribution in [0.25, 0.3) is 5.70 Å². The second kappa shape index (κ2) is 4.57. The first-order chi connectivity index (χ1) is 8.20. The van der Waals surface area contributed by atoms with Crippen LogP contribution in [-0.4, -0.2) is 11.1 Å². The molecule has 0 spiro atoms. The summed E-state index contributed by atoms with van der Waals surface area (Å²) in [4.78, 5) is 11.2. The molecule has 1 aliphatic rings. The van der Waals surface area contributed by atoms with E-state index in [0.717, 1.165) is 0 Å². The lowest BCUT2D eigenvalue weighted by Gasteiger charge is -2.11. The van der Waals surface area contributed by atoms with Crippen molar-refractivity contribution in [3.8, 4) is 0 Å². The highest BCUT2D eigenvalue weighted by Crippen LogP contribution is 2.23. The number of hydrogen-bond donors (Lipinski definition) is 3. The van der Waals surface area contributed by atoms with E-state index in [1.807, 2.05) is 18.2 Å². The van der Waals surface area contributed by atoms with E-state index in [9.17, 15) is 9.90 Å². The zero-order valence-electron chi connectivity index (χ0n) is 9.05. The van der Waals surface area contributed by atoms with Crippen LogP contribution >= 0.6 is 0 Å². The number of carboxylic acid groups (broad SMARTS) is 1. The van der Waals surface area contributed by atoms with Crippen LogP contribution < -0.4 is 11.1 Å². The number of aromatic carboxylic acids is 1. The fraction of sp³-hybridized carbons (Fsp3) is 0. The lowest BCUT2D eigenvalue weighted by Crippen LogP contribution is -2.11. The summed E-state index contributed by atoms with van der Waals surface area (Å²) >= 11 is 0. The molecule has 4 nitrogen and oxygen atoms in total. The van der Waals surface area contributed by atoms with E-state index in [1.54, 1.807) is 30.5 Å². The van der Waals surface area contributed by atoms with Crippen molar-refractivity contribution in [2.45, 2.75) is 0 Å². The summed E-state index contributed by atoms with van der Waals surface area (Å²) in [6, 6.07) is 5.04. The molecule has 1 heterocycles. The third-order valence-electron chi connectivity index (χ3n) is 2.42. The van der Waals surface area contributed by atoms with Crippen LogP contribution in [0.4, 0.5) is 5.69 Å². The maximum absolute atomic E-state index is 11.2. The standard InChI is InChI=1S/C13H12N2O2/c14-10-6-4-5-9(12(10)13(16)17)11-7-2-1-3-8-15-11/h1-8,15H,14H2,(H,16,17). The molecule has 86 valence electrons. The average Bonchev–Trinajstić information content (AvgIpc) is 2.56. The SMILES string of the molecule is Nc1cccc(C2=CC=CC=CN2)c1C(=O)O. The molecule has 17 heavy (non-hydrogen) atoms. The molecule has 0 unspecified atom stereocenters. The lowest BCUT2D eigenvalue weighted by atomic mass is 10.0. The Labute approximate surface area is 98.8 Å². The number of nitrogens with one attached hydrogen (secondary N) is 1. The second-order valence-corrected chi connectivity index (χ2v) is 3.54. The van der Waals surface area contributed by atoms with E-state index in [4.69, 9.17) is 5.73 Å². The highest BCUT2D eigenvalue weighted by molar-refractivity contribution is 5.99.